The average molecular weight is 449 g/mol. The van der Waals surface area contributed by atoms with Gasteiger partial charge in [-0.15, -0.1) is 0 Å². The first-order valence-corrected chi connectivity index (χ1v) is 11.6. The van der Waals surface area contributed by atoms with Crippen LogP contribution in [-0.2, 0) is 9.59 Å². The molecule has 2 heterocycles. The Morgan fingerprint density at radius 3 is 2.23 bits per heavy atom. The summed E-state index contributed by atoms with van der Waals surface area (Å²) in [6.07, 6.45) is 1.64. The molecule has 3 rings (SSSR count). The third-order valence-corrected chi connectivity index (χ3v) is 6.56. The lowest BCUT2D eigenvalue weighted by Gasteiger charge is -2.39. The van der Waals surface area contributed by atoms with Crippen molar-refractivity contribution in [2.24, 2.45) is 5.92 Å². The molecule has 0 radical (unpaired) electrons. The van der Waals surface area contributed by atoms with Crippen LogP contribution in [0.15, 0.2) is 24.3 Å². The topological polar surface area (TPSA) is 64.2 Å². The Bertz CT molecular complexity index is 774. The molecule has 170 valence electrons. The van der Waals surface area contributed by atoms with Crippen LogP contribution >= 0.6 is 11.6 Å². The predicted molar refractivity (Wildman–Crippen MR) is 121 cm³/mol. The maximum atomic E-state index is 13.1. The molecule has 2 aliphatic heterocycles. The predicted octanol–water partition coefficient (Wildman–Crippen LogP) is 2.20. The number of piperidine rings is 1. The number of nitrogens with zero attached hydrogens (tertiary/aromatic N) is 4. The molecule has 1 atom stereocenters. The van der Waals surface area contributed by atoms with Gasteiger partial charge in [0, 0.05) is 62.9 Å². The molecule has 0 aromatic heterocycles. The summed E-state index contributed by atoms with van der Waals surface area (Å²) in [6, 6.07) is 6.89. The lowest BCUT2D eigenvalue weighted by molar-refractivity contribution is -0.139. The van der Waals surface area contributed by atoms with E-state index in [0.717, 1.165) is 25.9 Å². The highest BCUT2D eigenvalue weighted by Gasteiger charge is 2.33. The van der Waals surface area contributed by atoms with E-state index < -0.39 is 0 Å². The fraction of sp³-hybridized carbons (Fsp3) is 0.609. The molecule has 2 aliphatic rings. The molecule has 8 heteroatoms. The molecule has 1 aromatic carbocycles. The minimum Gasteiger partial charge on any atom is -0.342 e. The number of likely N-dealkylation sites (N-methyl/N-ethyl adjacent to an activating group) is 1. The van der Waals surface area contributed by atoms with Crippen LogP contribution < -0.4 is 0 Å². The number of likely N-dealkylation sites (tertiary alicyclic amines) is 1. The minimum atomic E-state index is -0.158. The van der Waals surface area contributed by atoms with Gasteiger partial charge in [0.05, 0.1) is 12.5 Å². The number of rotatable bonds is 6. The zero-order valence-corrected chi connectivity index (χ0v) is 19.3. The summed E-state index contributed by atoms with van der Waals surface area (Å²) < 4.78 is 0. The number of halogens is 1. The van der Waals surface area contributed by atoms with Crippen LogP contribution in [0.3, 0.4) is 0 Å². The van der Waals surface area contributed by atoms with Crippen molar-refractivity contribution in [3.8, 4) is 0 Å². The number of hydrogen-bond acceptors (Lipinski definition) is 4. The Hall–Kier alpha value is -2.12. The summed E-state index contributed by atoms with van der Waals surface area (Å²) in [4.78, 5) is 45.9. The van der Waals surface area contributed by atoms with E-state index in [1.165, 1.54) is 0 Å². The van der Waals surface area contributed by atoms with Crippen molar-refractivity contribution in [3.63, 3.8) is 0 Å². The highest BCUT2D eigenvalue weighted by atomic mass is 35.5. The van der Waals surface area contributed by atoms with Crippen molar-refractivity contribution in [2.45, 2.75) is 26.7 Å². The molecule has 31 heavy (non-hydrogen) atoms. The van der Waals surface area contributed by atoms with Gasteiger partial charge in [0.1, 0.15) is 0 Å². The fourth-order valence-electron chi connectivity index (χ4n) is 4.39. The highest BCUT2D eigenvalue weighted by Crippen LogP contribution is 2.22. The molecular formula is C23H33ClN4O3. The third kappa shape index (κ3) is 5.98. The number of carbonyl (C=O) groups is 3. The van der Waals surface area contributed by atoms with E-state index in [0.29, 0.717) is 56.4 Å². The fourth-order valence-corrected chi connectivity index (χ4v) is 4.52. The first-order valence-electron chi connectivity index (χ1n) is 11.3. The minimum absolute atomic E-state index is 0.0473. The Morgan fingerprint density at radius 1 is 0.968 bits per heavy atom. The van der Waals surface area contributed by atoms with Crippen LogP contribution in [-0.4, -0.2) is 96.2 Å². The van der Waals surface area contributed by atoms with Crippen molar-refractivity contribution in [1.82, 2.24) is 19.6 Å². The monoisotopic (exact) mass is 448 g/mol. The van der Waals surface area contributed by atoms with Crippen molar-refractivity contribution < 1.29 is 14.4 Å². The van der Waals surface area contributed by atoms with Gasteiger partial charge in [0.15, 0.2) is 0 Å². The molecule has 3 amide bonds. The summed E-state index contributed by atoms with van der Waals surface area (Å²) in [6.45, 7) is 9.65. The summed E-state index contributed by atoms with van der Waals surface area (Å²) >= 11 is 5.92. The largest absolute Gasteiger partial charge is 0.342 e. The van der Waals surface area contributed by atoms with E-state index in [1.807, 2.05) is 23.6 Å². The van der Waals surface area contributed by atoms with Crippen LogP contribution in [0.25, 0.3) is 0 Å². The summed E-state index contributed by atoms with van der Waals surface area (Å²) in [5, 5.41) is 0.598. The number of amides is 3. The molecule has 2 fully saturated rings. The quantitative estimate of drug-likeness (QED) is 0.669. The average Bonchev–Trinajstić information content (AvgIpc) is 2.80. The SMILES string of the molecule is CCN(CC)C(=O)CN1CCN(C(=O)C2CCCN(C(=O)c3ccc(Cl)cc3)C2)CC1. The summed E-state index contributed by atoms with van der Waals surface area (Å²) in [7, 11) is 0. The lowest BCUT2D eigenvalue weighted by atomic mass is 9.95. The van der Waals surface area contributed by atoms with Crippen molar-refractivity contribution >= 4 is 29.3 Å². The molecule has 0 spiro atoms. The van der Waals surface area contributed by atoms with Gasteiger partial charge < -0.3 is 14.7 Å². The molecule has 0 bridgehead atoms. The van der Waals surface area contributed by atoms with E-state index in [2.05, 4.69) is 4.90 Å². The standard InChI is InChI=1S/C23H33ClN4O3/c1-3-26(4-2)21(29)17-25-12-14-27(15-13-25)23(31)19-6-5-11-28(16-19)22(30)18-7-9-20(24)10-8-18/h7-10,19H,3-6,11-17H2,1-2H3. The van der Waals surface area contributed by atoms with E-state index in [4.69, 9.17) is 11.6 Å². The Labute approximate surface area is 189 Å². The van der Waals surface area contributed by atoms with Crippen LogP contribution in [0.2, 0.25) is 5.02 Å². The maximum Gasteiger partial charge on any atom is 0.253 e. The number of hydrogen-bond donors (Lipinski definition) is 0. The first-order chi connectivity index (χ1) is 14.9. The van der Waals surface area contributed by atoms with Gasteiger partial charge in [-0.25, -0.2) is 0 Å². The molecule has 2 saturated heterocycles. The van der Waals surface area contributed by atoms with Gasteiger partial charge in [-0.05, 0) is 51.0 Å². The van der Waals surface area contributed by atoms with Crippen LogP contribution in [0, 0.1) is 5.92 Å². The second-order valence-corrected chi connectivity index (χ2v) is 8.70. The molecule has 7 nitrogen and oxygen atoms in total. The van der Waals surface area contributed by atoms with Gasteiger partial charge >= 0.3 is 0 Å². The van der Waals surface area contributed by atoms with Crippen LogP contribution in [0.4, 0.5) is 0 Å². The van der Waals surface area contributed by atoms with Crippen molar-refractivity contribution in [3.05, 3.63) is 34.9 Å². The molecule has 0 saturated carbocycles. The van der Waals surface area contributed by atoms with E-state index in [9.17, 15) is 14.4 Å². The summed E-state index contributed by atoms with van der Waals surface area (Å²) in [5.74, 6) is 0.0690. The zero-order valence-electron chi connectivity index (χ0n) is 18.6. The molecule has 1 unspecified atom stereocenters. The first kappa shape index (κ1) is 23.5. The molecular weight excluding hydrogens is 416 g/mol. The molecule has 0 aliphatic carbocycles. The van der Waals surface area contributed by atoms with Crippen LogP contribution in [0.1, 0.15) is 37.0 Å². The Balaban J connectivity index is 1.51. The second-order valence-electron chi connectivity index (χ2n) is 8.26. The van der Waals surface area contributed by atoms with E-state index >= 15 is 0 Å². The van der Waals surface area contributed by atoms with Crippen LogP contribution in [0.5, 0.6) is 0 Å². The number of benzene rings is 1. The summed E-state index contributed by atoms with van der Waals surface area (Å²) in [5.41, 5.74) is 0.601. The van der Waals surface area contributed by atoms with Gasteiger partial charge in [-0.2, -0.15) is 0 Å². The van der Waals surface area contributed by atoms with Crippen molar-refractivity contribution in [1.29, 1.82) is 0 Å². The van der Waals surface area contributed by atoms with Gasteiger partial charge in [0.2, 0.25) is 11.8 Å². The normalized spacial score (nSPS) is 19.9. The molecule has 1 aromatic rings. The second kappa shape index (κ2) is 11.0. The third-order valence-electron chi connectivity index (χ3n) is 6.31. The van der Waals surface area contributed by atoms with Crippen molar-refractivity contribution in [2.75, 3.05) is 58.9 Å². The lowest BCUT2D eigenvalue weighted by Crippen LogP contribution is -2.54. The Morgan fingerprint density at radius 2 is 1.61 bits per heavy atom. The number of carbonyl (C=O) groups excluding carboxylic acids is 3. The number of piperazine rings is 1. The maximum absolute atomic E-state index is 13.1. The Kier molecular flexibility index (Phi) is 8.32. The van der Waals surface area contributed by atoms with Gasteiger partial charge in [0.25, 0.3) is 5.91 Å². The van der Waals surface area contributed by atoms with E-state index in [1.54, 1.807) is 29.2 Å². The zero-order chi connectivity index (χ0) is 22.4. The molecule has 0 N–H and O–H groups in total. The van der Waals surface area contributed by atoms with E-state index in [-0.39, 0.29) is 23.6 Å². The van der Waals surface area contributed by atoms with Gasteiger partial charge in [-0.1, -0.05) is 11.6 Å². The smallest absolute Gasteiger partial charge is 0.253 e. The highest BCUT2D eigenvalue weighted by molar-refractivity contribution is 6.30. The van der Waals surface area contributed by atoms with Gasteiger partial charge in [-0.3, -0.25) is 19.3 Å².